The number of hydrogen-bond donors (Lipinski definition) is 2. The van der Waals surface area contributed by atoms with Crippen molar-refractivity contribution in [1.29, 1.82) is 0 Å². The van der Waals surface area contributed by atoms with Crippen molar-refractivity contribution in [2.45, 2.75) is 17.9 Å². The van der Waals surface area contributed by atoms with Gasteiger partial charge in [0, 0.05) is 24.6 Å². The Morgan fingerprint density at radius 2 is 2.33 bits per heavy atom. The van der Waals surface area contributed by atoms with Crippen LogP contribution < -0.4 is 15.1 Å². The molecule has 2 N–H and O–H groups in total. The number of thioether (sulfide) groups is 1. The minimum absolute atomic E-state index is 0.154. The second-order valence-electron chi connectivity index (χ2n) is 5.57. The largest absolute Gasteiger partial charge is 0.442 e. The topological polar surface area (TPSA) is 94.5 Å². The van der Waals surface area contributed by atoms with Crippen molar-refractivity contribution in [3.05, 3.63) is 18.2 Å². The van der Waals surface area contributed by atoms with E-state index < -0.39 is 6.09 Å². The molecule has 0 aromatic heterocycles. The summed E-state index contributed by atoms with van der Waals surface area (Å²) in [4.78, 5) is 27.4. The number of nitrogens with one attached hydrogen (secondary N) is 1. The van der Waals surface area contributed by atoms with Gasteiger partial charge in [0.05, 0.1) is 24.5 Å². The fourth-order valence-electron chi connectivity index (χ4n) is 2.63. The minimum atomic E-state index is -0.419. The van der Waals surface area contributed by atoms with Gasteiger partial charge in [-0.3, -0.25) is 9.69 Å². The highest BCUT2D eigenvalue weighted by Gasteiger charge is 2.33. The first-order chi connectivity index (χ1) is 11.5. The molecule has 0 aliphatic carbocycles. The van der Waals surface area contributed by atoms with Crippen LogP contribution in [0.2, 0.25) is 0 Å². The van der Waals surface area contributed by atoms with E-state index in [1.807, 2.05) is 30.1 Å². The predicted molar refractivity (Wildman–Crippen MR) is 91.1 cm³/mol. The number of oxime groups is 1. The van der Waals surface area contributed by atoms with Crippen molar-refractivity contribution in [1.82, 2.24) is 5.32 Å². The SMILES string of the molecule is CC(=O)NCC1CN(c2ccc3c(c2)SCC(=NO)N3C)C(=O)O1. The normalized spacial score (nSPS) is 21.7. The van der Waals surface area contributed by atoms with Crippen molar-refractivity contribution in [3.63, 3.8) is 0 Å². The fourth-order valence-corrected chi connectivity index (χ4v) is 3.73. The number of fused-ring (bicyclic) bond motifs is 1. The third kappa shape index (κ3) is 3.12. The maximum Gasteiger partial charge on any atom is 0.414 e. The average molecular weight is 350 g/mol. The molecular formula is C15H18N4O4S. The molecule has 128 valence electrons. The molecule has 0 radical (unpaired) electrons. The molecule has 24 heavy (non-hydrogen) atoms. The minimum Gasteiger partial charge on any atom is -0.442 e. The Labute approximate surface area is 143 Å². The van der Waals surface area contributed by atoms with Gasteiger partial charge in [0.15, 0.2) is 5.84 Å². The Morgan fingerprint density at radius 3 is 3.04 bits per heavy atom. The van der Waals surface area contributed by atoms with Gasteiger partial charge in [0.25, 0.3) is 0 Å². The number of hydrogen-bond acceptors (Lipinski definition) is 6. The first kappa shape index (κ1) is 16.4. The van der Waals surface area contributed by atoms with E-state index in [0.29, 0.717) is 24.7 Å². The summed E-state index contributed by atoms with van der Waals surface area (Å²) in [6, 6.07) is 5.64. The lowest BCUT2D eigenvalue weighted by Crippen LogP contribution is -2.33. The van der Waals surface area contributed by atoms with Crippen LogP contribution in [-0.4, -0.2) is 55.0 Å². The number of ether oxygens (including phenoxy) is 1. The fraction of sp³-hybridized carbons (Fsp3) is 0.400. The van der Waals surface area contributed by atoms with Crippen molar-refractivity contribution < 1.29 is 19.5 Å². The van der Waals surface area contributed by atoms with E-state index in [9.17, 15) is 9.59 Å². The summed E-state index contributed by atoms with van der Waals surface area (Å²) in [5.74, 6) is 0.981. The van der Waals surface area contributed by atoms with Crippen LogP contribution in [0.1, 0.15) is 6.92 Å². The second-order valence-corrected chi connectivity index (χ2v) is 6.59. The lowest BCUT2D eigenvalue weighted by atomic mass is 10.2. The molecule has 3 rings (SSSR count). The van der Waals surface area contributed by atoms with E-state index in [2.05, 4.69) is 10.5 Å². The van der Waals surface area contributed by atoms with E-state index in [1.54, 1.807) is 16.7 Å². The van der Waals surface area contributed by atoms with Crippen LogP contribution in [-0.2, 0) is 9.53 Å². The van der Waals surface area contributed by atoms with E-state index in [0.717, 1.165) is 16.3 Å². The molecular weight excluding hydrogens is 332 g/mol. The van der Waals surface area contributed by atoms with Gasteiger partial charge in [-0.15, -0.1) is 11.8 Å². The van der Waals surface area contributed by atoms with Gasteiger partial charge < -0.3 is 20.2 Å². The predicted octanol–water partition coefficient (Wildman–Crippen LogP) is 1.48. The molecule has 1 fully saturated rings. The molecule has 1 unspecified atom stereocenters. The van der Waals surface area contributed by atoms with Crippen LogP contribution in [0.3, 0.4) is 0 Å². The Bertz CT molecular complexity index is 709. The molecule has 0 bridgehead atoms. The van der Waals surface area contributed by atoms with Crippen molar-refractivity contribution in [2.75, 3.05) is 35.7 Å². The lowest BCUT2D eigenvalue weighted by molar-refractivity contribution is -0.119. The summed E-state index contributed by atoms with van der Waals surface area (Å²) in [5, 5.41) is 14.9. The molecule has 1 aromatic carbocycles. The van der Waals surface area contributed by atoms with Crippen LogP contribution >= 0.6 is 11.8 Å². The smallest absolute Gasteiger partial charge is 0.414 e. The monoisotopic (exact) mass is 350 g/mol. The number of anilines is 2. The number of nitrogens with zero attached hydrogens (tertiary/aromatic N) is 3. The molecule has 2 amide bonds. The van der Waals surface area contributed by atoms with Crippen molar-refractivity contribution in [3.8, 4) is 0 Å². The van der Waals surface area contributed by atoms with Crippen LogP contribution in [0.4, 0.5) is 16.2 Å². The number of amidine groups is 1. The lowest BCUT2D eigenvalue weighted by Gasteiger charge is -2.28. The number of carbonyl (C=O) groups is 2. The zero-order valence-electron chi connectivity index (χ0n) is 13.4. The van der Waals surface area contributed by atoms with Gasteiger partial charge >= 0.3 is 6.09 Å². The maximum atomic E-state index is 12.1. The average Bonchev–Trinajstić information content (AvgIpc) is 2.94. The maximum absolute atomic E-state index is 12.1. The highest BCUT2D eigenvalue weighted by atomic mass is 32.2. The third-order valence-electron chi connectivity index (χ3n) is 3.93. The number of benzene rings is 1. The molecule has 1 aromatic rings. The van der Waals surface area contributed by atoms with Gasteiger partial charge in [0.1, 0.15) is 6.10 Å². The molecule has 2 aliphatic rings. The number of rotatable bonds is 3. The summed E-state index contributed by atoms with van der Waals surface area (Å²) in [7, 11) is 1.83. The van der Waals surface area contributed by atoms with E-state index in [1.165, 1.54) is 6.92 Å². The summed E-state index contributed by atoms with van der Waals surface area (Å²) in [5.41, 5.74) is 1.67. The zero-order chi connectivity index (χ0) is 17.3. The third-order valence-corrected chi connectivity index (χ3v) is 4.97. The second kappa shape index (κ2) is 6.60. The van der Waals surface area contributed by atoms with Gasteiger partial charge in [-0.05, 0) is 18.2 Å². The first-order valence-corrected chi connectivity index (χ1v) is 8.42. The number of amides is 2. The van der Waals surface area contributed by atoms with Gasteiger partial charge in [0.2, 0.25) is 5.91 Å². The highest BCUT2D eigenvalue weighted by molar-refractivity contribution is 8.00. The summed E-state index contributed by atoms with van der Waals surface area (Å²) >= 11 is 1.55. The molecule has 2 heterocycles. The summed E-state index contributed by atoms with van der Waals surface area (Å²) in [6.45, 7) is 2.12. The Balaban J connectivity index is 1.77. The molecule has 0 spiro atoms. The molecule has 2 aliphatic heterocycles. The van der Waals surface area contributed by atoms with Crippen molar-refractivity contribution >= 4 is 41.0 Å². The molecule has 9 heteroatoms. The standard InChI is InChI=1S/C15H18N4O4S/c1-9(20)16-6-11-7-19(15(21)23-11)10-3-4-12-13(5-10)24-8-14(17-22)18(12)2/h3-5,11,22H,6-8H2,1-2H3,(H,16,20). The highest BCUT2D eigenvalue weighted by Crippen LogP contribution is 2.38. The zero-order valence-corrected chi connectivity index (χ0v) is 14.2. The number of carbonyl (C=O) groups excluding carboxylic acids is 2. The summed E-state index contributed by atoms with van der Waals surface area (Å²) < 4.78 is 5.28. The van der Waals surface area contributed by atoms with Gasteiger partial charge in [-0.2, -0.15) is 0 Å². The number of cyclic esters (lactones) is 1. The summed E-state index contributed by atoms with van der Waals surface area (Å²) in [6.07, 6.45) is -0.780. The molecule has 8 nitrogen and oxygen atoms in total. The van der Waals surface area contributed by atoms with Gasteiger partial charge in [-0.1, -0.05) is 5.16 Å². The van der Waals surface area contributed by atoms with Crippen LogP contribution in [0.25, 0.3) is 0 Å². The first-order valence-electron chi connectivity index (χ1n) is 7.43. The van der Waals surface area contributed by atoms with Crippen molar-refractivity contribution in [2.24, 2.45) is 5.16 Å². The van der Waals surface area contributed by atoms with E-state index in [4.69, 9.17) is 9.94 Å². The van der Waals surface area contributed by atoms with Crippen LogP contribution in [0, 0.1) is 0 Å². The molecule has 0 saturated carbocycles. The Hall–Kier alpha value is -2.42. The van der Waals surface area contributed by atoms with Crippen LogP contribution in [0.15, 0.2) is 28.3 Å². The van der Waals surface area contributed by atoms with E-state index >= 15 is 0 Å². The molecule has 1 atom stereocenters. The Morgan fingerprint density at radius 1 is 1.54 bits per heavy atom. The van der Waals surface area contributed by atoms with Crippen LogP contribution in [0.5, 0.6) is 0 Å². The molecule has 1 saturated heterocycles. The Kier molecular flexibility index (Phi) is 4.52. The van der Waals surface area contributed by atoms with Gasteiger partial charge in [-0.25, -0.2) is 4.79 Å². The quantitative estimate of drug-likeness (QED) is 0.633. The van der Waals surface area contributed by atoms with E-state index in [-0.39, 0.29) is 12.0 Å².